The third-order valence-electron chi connectivity index (χ3n) is 3.29. The van der Waals surface area contributed by atoms with Gasteiger partial charge in [0.15, 0.2) is 0 Å². The molecular formula is C12H16N4O. The minimum atomic E-state index is -0.774. The van der Waals surface area contributed by atoms with Gasteiger partial charge >= 0.3 is 0 Å². The van der Waals surface area contributed by atoms with E-state index in [4.69, 9.17) is 5.26 Å². The lowest BCUT2D eigenvalue weighted by atomic mass is 9.87. The molecule has 90 valence electrons. The molecule has 17 heavy (non-hydrogen) atoms. The number of nitriles is 1. The molecule has 0 atom stereocenters. The first-order valence-electron chi connectivity index (χ1n) is 5.94. The van der Waals surface area contributed by atoms with Gasteiger partial charge in [0.25, 0.3) is 0 Å². The van der Waals surface area contributed by atoms with E-state index in [2.05, 4.69) is 16.5 Å². The standard InChI is InChI=1S/C12H16N4O/c13-10-12(4-1-2-5-12)11(17)14-7-9-16-8-3-6-15-16/h3,6,8H,1-2,4-5,7,9H2,(H,14,17). The Morgan fingerprint density at radius 2 is 2.29 bits per heavy atom. The summed E-state index contributed by atoms with van der Waals surface area (Å²) in [4.78, 5) is 12.0. The molecule has 0 saturated heterocycles. The average Bonchev–Trinajstić information content (AvgIpc) is 3.00. The molecule has 0 spiro atoms. The molecule has 1 heterocycles. The first kappa shape index (κ1) is 11.6. The Morgan fingerprint density at radius 3 is 2.88 bits per heavy atom. The second-order valence-corrected chi connectivity index (χ2v) is 4.43. The Kier molecular flexibility index (Phi) is 3.43. The van der Waals surface area contributed by atoms with Gasteiger partial charge in [0.2, 0.25) is 5.91 Å². The van der Waals surface area contributed by atoms with Crippen LogP contribution in [-0.2, 0) is 11.3 Å². The predicted octanol–water partition coefficient (Wildman–Crippen LogP) is 1.08. The van der Waals surface area contributed by atoms with Gasteiger partial charge in [0.05, 0.1) is 12.6 Å². The first-order chi connectivity index (χ1) is 8.27. The normalized spacial score (nSPS) is 17.6. The van der Waals surface area contributed by atoms with E-state index in [0.29, 0.717) is 25.9 Å². The summed E-state index contributed by atoms with van der Waals surface area (Å²) in [5, 5.41) is 16.0. The molecule has 5 nitrogen and oxygen atoms in total. The predicted molar refractivity (Wildman–Crippen MR) is 61.8 cm³/mol. The zero-order valence-electron chi connectivity index (χ0n) is 9.72. The van der Waals surface area contributed by atoms with Crippen molar-refractivity contribution in [2.24, 2.45) is 5.41 Å². The minimum Gasteiger partial charge on any atom is -0.353 e. The number of aromatic nitrogens is 2. The van der Waals surface area contributed by atoms with Crippen LogP contribution >= 0.6 is 0 Å². The molecule has 1 saturated carbocycles. The lowest BCUT2D eigenvalue weighted by Gasteiger charge is -2.19. The van der Waals surface area contributed by atoms with Crippen LogP contribution < -0.4 is 5.32 Å². The van der Waals surface area contributed by atoms with E-state index in [0.717, 1.165) is 12.8 Å². The fourth-order valence-corrected chi connectivity index (χ4v) is 2.25. The zero-order chi connectivity index (χ0) is 12.1. The third-order valence-corrected chi connectivity index (χ3v) is 3.29. The van der Waals surface area contributed by atoms with E-state index in [1.165, 1.54) is 0 Å². The van der Waals surface area contributed by atoms with Crippen molar-refractivity contribution < 1.29 is 4.79 Å². The highest BCUT2D eigenvalue weighted by molar-refractivity contribution is 5.85. The number of carbonyl (C=O) groups is 1. The molecule has 0 aliphatic heterocycles. The second kappa shape index (κ2) is 5.00. The van der Waals surface area contributed by atoms with Crippen molar-refractivity contribution in [3.05, 3.63) is 18.5 Å². The van der Waals surface area contributed by atoms with Gasteiger partial charge < -0.3 is 5.32 Å². The molecule has 1 fully saturated rings. The van der Waals surface area contributed by atoms with Crippen LogP contribution in [0, 0.1) is 16.7 Å². The van der Waals surface area contributed by atoms with Crippen molar-refractivity contribution in [1.29, 1.82) is 5.26 Å². The number of nitrogens with zero attached hydrogens (tertiary/aromatic N) is 3. The number of amides is 1. The van der Waals surface area contributed by atoms with Gasteiger partial charge in [-0.25, -0.2) is 0 Å². The summed E-state index contributed by atoms with van der Waals surface area (Å²) in [6.45, 7) is 1.16. The van der Waals surface area contributed by atoms with Gasteiger partial charge in [-0.1, -0.05) is 12.8 Å². The van der Waals surface area contributed by atoms with Crippen LogP contribution in [0.3, 0.4) is 0 Å². The van der Waals surface area contributed by atoms with Crippen LogP contribution in [-0.4, -0.2) is 22.2 Å². The maximum absolute atomic E-state index is 12.0. The minimum absolute atomic E-state index is 0.121. The molecule has 1 aromatic rings. The SMILES string of the molecule is N#CC1(C(=O)NCCn2cccn2)CCCC1. The molecule has 1 aromatic heterocycles. The van der Waals surface area contributed by atoms with Gasteiger partial charge in [-0.2, -0.15) is 10.4 Å². The van der Waals surface area contributed by atoms with Crippen LogP contribution in [0.25, 0.3) is 0 Å². The third kappa shape index (κ3) is 2.47. The molecular weight excluding hydrogens is 216 g/mol. The highest BCUT2D eigenvalue weighted by atomic mass is 16.2. The van der Waals surface area contributed by atoms with Crippen LogP contribution in [0.15, 0.2) is 18.5 Å². The van der Waals surface area contributed by atoms with E-state index in [-0.39, 0.29) is 5.91 Å². The Bertz CT molecular complexity index is 412. The van der Waals surface area contributed by atoms with Crippen LogP contribution in [0.1, 0.15) is 25.7 Å². The molecule has 2 rings (SSSR count). The Balaban J connectivity index is 1.83. The zero-order valence-corrected chi connectivity index (χ0v) is 9.72. The van der Waals surface area contributed by atoms with Crippen molar-refractivity contribution >= 4 is 5.91 Å². The van der Waals surface area contributed by atoms with Crippen LogP contribution in [0.4, 0.5) is 0 Å². The summed E-state index contributed by atoms with van der Waals surface area (Å²) in [7, 11) is 0. The van der Waals surface area contributed by atoms with Gasteiger partial charge in [0.1, 0.15) is 5.41 Å². The van der Waals surface area contributed by atoms with E-state index >= 15 is 0 Å². The molecule has 0 radical (unpaired) electrons. The number of rotatable bonds is 4. The lowest BCUT2D eigenvalue weighted by molar-refractivity contribution is -0.127. The van der Waals surface area contributed by atoms with Gasteiger partial charge in [-0.3, -0.25) is 9.48 Å². The lowest BCUT2D eigenvalue weighted by Crippen LogP contribution is -2.39. The topological polar surface area (TPSA) is 70.7 Å². The highest BCUT2D eigenvalue weighted by Gasteiger charge is 2.41. The molecule has 1 aliphatic rings. The largest absolute Gasteiger partial charge is 0.353 e. The summed E-state index contributed by atoms with van der Waals surface area (Å²) < 4.78 is 1.76. The average molecular weight is 232 g/mol. The summed E-state index contributed by atoms with van der Waals surface area (Å²) >= 11 is 0. The monoisotopic (exact) mass is 232 g/mol. The quantitative estimate of drug-likeness (QED) is 0.844. The van der Waals surface area contributed by atoms with E-state index in [9.17, 15) is 4.79 Å². The Morgan fingerprint density at radius 1 is 1.53 bits per heavy atom. The van der Waals surface area contributed by atoms with Gasteiger partial charge in [0, 0.05) is 18.9 Å². The smallest absolute Gasteiger partial charge is 0.240 e. The highest BCUT2D eigenvalue weighted by Crippen LogP contribution is 2.37. The maximum atomic E-state index is 12.0. The summed E-state index contributed by atoms with van der Waals surface area (Å²) in [6.07, 6.45) is 6.88. The van der Waals surface area contributed by atoms with E-state index in [1.54, 1.807) is 10.9 Å². The summed E-state index contributed by atoms with van der Waals surface area (Å²) in [5.41, 5.74) is -0.774. The number of hydrogen-bond acceptors (Lipinski definition) is 3. The number of hydrogen-bond donors (Lipinski definition) is 1. The summed E-state index contributed by atoms with van der Waals surface area (Å²) in [6, 6.07) is 4.03. The molecule has 0 unspecified atom stereocenters. The van der Waals surface area contributed by atoms with Crippen molar-refractivity contribution in [3.63, 3.8) is 0 Å². The summed E-state index contributed by atoms with van der Waals surface area (Å²) in [5.74, 6) is -0.121. The maximum Gasteiger partial charge on any atom is 0.240 e. The van der Waals surface area contributed by atoms with Crippen molar-refractivity contribution in [1.82, 2.24) is 15.1 Å². The van der Waals surface area contributed by atoms with E-state index in [1.807, 2.05) is 12.3 Å². The number of nitrogens with one attached hydrogen (secondary N) is 1. The molecule has 0 aromatic carbocycles. The molecule has 0 bridgehead atoms. The van der Waals surface area contributed by atoms with Crippen LogP contribution in [0.2, 0.25) is 0 Å². The van der Waals surface area contributed by atoms with Crippen LogP contribution in [0.5, 0.6) is 0 Å². The fourth-order valence-electron chi connectivity index (χ4n) is 2.25. The molecule has 1 aliphatic carbocycles. The first-order valence-corrected chi connectivity index (χ1v) is 5.94. The van der Waals surface area contributed by atoms with Crippen molar-refractivity contribution in [2.75, 3.05) is 6.54 Å². The van der Waals surface area contributed by atoms with Gasteiger partial charge in [-0.05, 0) is 18.9 Å². The molecule has 5 heteroatoms. The molecule has 1 N–H and O–H groups in total. The Labute approximate surface area is 100 Å². The van der Waals surface area contributed by atoms with Crippen molar-refractivity contribution in [3.8, 4) is 6.07 Å². The Hall–Kier alpha value is -1.83. The van der Waals surface area contributed by atoms with Crippen molar-refractivity contribution in [2.45, 2.75) is 32.2 Å². The molecule has 1 amide bonds. The fraction of sp³-hybridized carbons (Fsp3) is 0.583. The van der Waals surface area contributed by atoms with Gasteiger partial charge in [-0.15, -0.1) is 0 Å². The number of carbonyl (C=O) groups excluding carboxylic acids is 1. The second-order valence-electron chi connectivity index (χ2n) is 4.43. The van der Waals surface area contributed by atoms with E-state index < -0.39 is 5.41 Å².